The lowest BCUT2D eigenvalue weighted by atomic mass is 10.1. The molecule has 0 atom stereocenters. The summed E-state index contributed by atoms with van der Waals surface area (Å²) in [7, 11) is 0. The number of anilines is 1. The van der Waals surface area contributed by atoms with Crippen molar-refractivity contribution in [1.82, 2.24) is 4.98 Å². The second-order valence-corrected chi connectivity index (χ2v) is 5.63. The lowest BCUT2D eigenvalue weighted by Gasteiger charge is -2.12. The largest absolute Gasteiger partial charge is 0.455 e. The zero-order chi connectivity index (χ0) is 17.3. The third-order valence-electron chi connectivity index (χ3n) is 3.70. The van der Waals surface area contributed by atoms with E-state index in [1.165, 1.54) is 0 Å². The number of amides is 1. The number of aromatic nitrogens is 1. The van der Waals surface area contributed by atoms with Crippen molar-refractivity contribution in [3.8, 4) is 11.5 Å². The average Bonchev–Trinajstić information content (AvgIpc) is 2.65. The van der Waals surface area contributed by atoms with E-state index in [2.05, 4.69) is 10.3 Å². The molecule has 0 radical (unpaired) electrons. The highest BCUT2D eigenvalue weighted by Gasteiger charge is 2.08. The molecule has 0 spiro atoms. The molecule has 1 aromatic heterocycles. The lowest BCUT2D eigenvalue weighted by molar-refractivity contribution is -0.116. The van der Waals surface area contributed by atoms with E-state index in [1.54, 1.807) is 6.20 Å². The Morgan fingerprint density at radius 1 is 0.920 bits per heavy atom. The zero-order valence-electron chi connectivity index (χ0n) is 13.9. The fraction of sp³-hybridized carbons (Fsp3) is 0.143. The molecule has 0 unspecified atom stereocenters. The Kier molecular flexibility index (Phi) is 5.77. The van der Waals surface area contributed by atoms with Crippen LogP contribution in [0.15, 0.2) is 79.0 Å². The van der Waals surface area contributed by atoms with Crippen molar-refractivity contribution in [2.75, 3.05) is 5.32 Å². The molecule has 0 aliphatic rings. The highest BCUT2D eigenvalue weighted by Crippen LogP contribution is 2.29. The standard InChI is InChI=1S/C21H20N2O2/c24-21(15-8-10-17-9-6-7-16-22-17)23-19-13-4-5-14-20(19)25-18-11-2-1-3-12-18/h1-7,9,11-14,16H,8,10,15H2,(H,23,24). The minimum absolute atomic E-state index is 0.0277. The van der Waals surface area contributed by atoms with Crippen molar-refractivity contribution in [2.24, 2.45) is 0 Å². The molecule has 3 rings (SSSR count). The molecule has 0 saturated heterocycles. The number of hydrogen-bond acceptors (Lipinski definition) is 3. The van der Waals surface area contributed by atoms with Gasteiger partial charge in [-0.25, -0.2) is 0 Å². The Morgan fingerprint density at radius 2 is 1.68 bits per heavy atom. The molecule has 126 valence electrons. The molecule has 0 bridgehead atoms. The van der Waals surface area contributed by atoms with Crippen LogP contribution in [-0.2, 0) is 11.2 Å². The maximum atomic E-state index is 12.2. The van der Waals surface area contributed by atoms with E-state index in [0.717, 1.165) is 24.3 Å². The number of pyridine rings is 1. The van der Waals surface area contributed by atoms with Gasteiger partial charge in [-0.3, -0.25) is 9.78 Å². The molecule has 0 aliphatic heterocycles. The van der Waals surface area contributed by atoms with Gasteiger partial charge < -0.3 is 10.1 Å². The molecule has 3 aromatic rings. The molecule has 0 aliphatic carbocycles. The van der Waals surface area contributed by atoms with Gasteiger partial charge in [0.15, 0.2) is 5.75 Å². The van der Waals surface area contributed by atoms with Crippen LogP contribution in [0.5, 0.6) is 11.5 Å². The molecule has 0 fully saturated rings. The summed E-state index contributed by atoms with van der Waals surface area (Å²) in [4.78, 5) is 16.5. The molecular weight excluding hydrogens is 312 g/mol. The molecular formula is C21H20N2O2. The summed E-state index contributed by atoms with van der Waals surface area (Å²) in [6.45, 7) is 0. The minimum Gasteiger partial charge on any atom is -0.455 e. The number of carbonyl (C=O) groups is 1. The third kappa shape index (κ3) is 5.18. The quantitative estimate of drug-likeness (QED) is 0.674. The van der Waals surface area contributed by atoms with E-state index in [-0.39, 0.29) is 5.91 Å². The normalized spacial score (nSPS) is 10.2. The van der Waals surface area contributed by atoms with Crippen LogP contribution in [0.25, 0.3) is 0 Å². The Balaban J connectivity index is 1.56. The summed E-state index contributed by atoms with van der Waals surface area (Å²) >= 11 is 0. The number of rotatable bonds is 7. The first-order valence-electron chi connectivity index (χ1n) is 8.33. The van der Waals surface area contributed by atoms with Gasteiger partial charge in [-0.15, -0.1) is 0 Å². The first-order chi connectivity index (χ1) is 12.3. The van der Waals surface area contributed by atoms with Crippen molar-refractivity contribution in [1.29, 1.82) is 0 Å². The van der Waals surface area contributed by atoms with Crippen LogP contribution in [0.4, 0.5) is 5.69 Å². The molecule has 25 heavy (non-hydrogen) atoms. The summed E-state index contributed by atoms with van der Waals surface area (Å²) in [5, 5.41) is 2.93. The van der Waals surface area contributed by atoms with Crippen LogP contribution >= 0.6 is 0 Å². The molecule has 2 aromatic carbocycles. The van der Waals surface area contributed by atoms with Crippen molar-refractivity contribution in [2.45, 2.75) is 19.3 Å². The van der Waals surface area contributed by atoms with E-state index in [9.17, 15) is 4.79 Å². The minimum atomic E-state index is -0.0277. The smallest absolute Gasteiger partial charge is 0.224 e. The van der Waals surface area contributed by atoms with Crippen LogP contribution < -0.4 is 10.1 Å². The fourth-order valence-corrected chi connectivity index (χ4v) is 2.46. The number of aryl methyl sites for hydroxylation is 1. The van der Waals surface area contributed by atoms with Crippen molar-refractivity contribution in [3.63, 3.8) is 0 Å². The molecule has 4 heteroatoms. The number of para-hydroxylation sites is 3. The van der Waals surface area contributed by atoms with Crippen LogP contribution in [0.3, 0.4) is 0 Å². The van der Waals surface area contributed by atoms with E-state index in [1.807, 2.05) is 72.8 Å². The molecule has 1 heterocycles. The van der Waals surface area contributed by atoms with Crippen molar-refractivity contribution in [3.05, 3.63) is 84.7 Å². The third-order valence-corrected chi connectivity index (χ3v) is 3.70. The van der Waals surface area contributed by atoms with Crippen molar-refractivity contribution >= 4 is 11.6 Å². The Labute approximate surface area is 147 Å². The first kappa shape index (κ1) is 16.7. The van der Waals surface area contributed by atoms with Gasteiger partial charge in [0, 0.05) is 18.3 Å². The number of hydrogen-bond donors (Lipinski definition) is 1. The highest BCUT2D eigenvalue weighted by molar-refractivity contribution is 5.92. The number of ether oxygens (including phenoxy) is 1. The predicted octanol–water partition coefficient (Wildman–Crippen LogP) is 4.84. The Morgan fingerprint density at radius 3 is 2.48 bits per heavy atom. The molecule has 0 saturated carbocycles. The van der Waals surface area contributed by atoms with Gasteiger partial charge in [0.05, 0.1) is 5.69 Å². The van der Waals surface area contributed by atoms with Crippen LogP contribution in [0, 0.1) is 0 Å². The summed E-state index contributed by atoms with van der Waals surface area (Å²) in [6.07, 6.45) is 3.75. The Bertz CT molecular complexity index is 804. The van der Waals surface area contributed by atoms with Crippen LogP contribution in [0.2, 0.25) is 0 Å². The van der Waals surface area contributed by atoms with Gasteiger partial charge in [0.2, 0.25) is 5.91 Å². The maximum absolute atomic E-state index is 12.2. The average molecular weight is 332 g/mol. The van der Waals surface area contributed by atoms with Gasteiger partial charge in [0.1, 0.15) is 5.75 Å². The molecule has 1 amide bonds. The van der Waals surface area contributed by atoms with Crippen molar-refractivity contribution < 1.29 is 9.53 Å². The van der Waals surface area contributed by atoms with Crippen LogP contribution in [0.1, 0.15) is 18.5 Å². The number of benzene rings is 2. The fourth-order valence-electron chi connectivity index (χ4n) is 2.46. The van der Waals surface area contributed by atoms with Gasteiger partial charge >= 0.3 is 0 Å². The monoisotopic (exact) mass is 332 g/mol. The van der Waals surface area contributed by atoms with Gasteiger partial charge in [-0.1, -0.05) is 36.4 Å². The van der Waals surface area contributed by atoms with E-state index >= 15 is 0 Å². The topological polar surface area (TPSA) is 51.2 Å². The summed E-state index contributed by atoms with van der Waals surface area (Å²) < 4.78 is 5.86. The number of carbonyl (C=O) groups excluding carboxylic acids is 1. The van der Waals surface area contributed by atoms with E-state index < -0.39 is 0 Å². The predicted molar refractivity (Wildman–Crippen MR) is 98.8 cm³/mol. The van der Waals surface area contributed by atoms with E-state index in [0.29, 0.717) is 17.9 Å². The van der Waals surface area contributed by atoms with Gasteiger partial charge in [-0.2, -0.15) is 0 Å². The van der Waals surface area contributed by atoms with Gasteiger partial charge in [-0.05, 0) is 49.2 Å². The summed E-state index contributed by atoms with van der Waals surface area (Å²) in [6, 6.07) is 22.8. The van der Waals surface area contributed by atoms with Gasteiger partial charge in [0.25, 0.3) is 0 Å². The SMILES string of the molecule is O=C(CCCc1ccccn1)Nc1ccccc1Oc1ccccc1. The lowest BCUT2D eigenvalue weighted by Crippen LogP contribution is -2.12. The zero-order valence-corrected chi connectivity index (χ0v) is 13.9. The molecule has 4 nitrogen and oxygen atoms in total. The second-order valence-electron chi connectivity index (χ2n) is 5.63. The van der Waals surface area contributed by atoms with E-state index in [4.69, 9.17) is 4.74 Å². The second kappa shape index (κ2) is 8.64. The maximum Gasteiger partial charge on any atom is 0.224 e. The first-order valence-corrected chi connectivity index (χ1v) is 8.33. The number of nitrogens with one attached hydrogen (secondary N) is 1. The van der Waals surface area contributed by atoms with Crippen LogP contribution in [-0.4, -0.2) is 10.9 Å². The highest BCUT2D eigenvalue weighted by atomic mass is 16.5. The summed E-state index contributed by atoms with van der Waals surface area (Å²) in [5.74, 6) is 1.34. The summed E-state index contributed by atoms with van der Waals surface area (Å²) in [5.41, 5.74) is 1.68. The Hall–Kier alpha value is -3.14. The molecule has 1 N–H and O–H groups in total. The number of nitrogens with zero attached hydrogens (tertiary/aromatic N) is 1.